The summed E-state index contributed by atoms with van der Waals surface area (Å²) in [5, 5.41) is 7.36. The fourth-order valence-electron chi connectivity index (χ4n) is 3.49. The maximum atomic E-state index is 12.1. The molecule has 27 heavy (non-hydrogen) atoms. The number of rotatable bonds is 7. The van der Waals surface area contributed by atoms with Crippen molar-refractivity contribution in [3.8, 4) is 0 Å². The molecule has 2 aliphatic rings. The summed E-state index contributed by atoms with van der Waals surface area (Å²) in [6.45, 7) is 6.03. The molecule has 5 nitrogen and oxygen atoms in total. The van der Waals surface area contributed by atoms with Crippen molar-refractivity contribution in [3.63, 3.8) is 0 Å². The van der Waals surface area contributed by atoms with Crippen molar-refractivity contribution in [2.45, 2.75) is 44.4 Å². The quantitative estimate of drug-likeness (QED) is 0.339. The number of hydrogen-bond donors (Lipinski definition) is 2. The molecule has 1 saturated heterocycles. The topological polar surface area (TPSA) is 56.7 Å². The molecule has 7 heteroatoms. The van der Waals surface area contributed by atoms with Crippen molar-refractivity contribution in [1.82, 2.24) is 15.5 Å². The standard InChI is InChI=1S/C20H29ClN4O.HI/c1-2-22-19(23-11-8-18(26)25-12-3-4-13-25)24-15-20(9-10-20)16-6-5-7-17(21)14-16;/h5-7,14H,2-4,8-13,15H2,1H3,(H2,22,23,24);1H. The molecule has 0 atom stereocenters. The van der Waals surface area contributed by atoms with Crippen LogP contribution in [-0.2, 0) is 10.2 Å². The summed E-state index contributed by atoms with van der Waals surface area (Å²) in [6, 6.07) is 8.12. The van der Waals surface area contributed by atoms with Crippen LogP contribution in [0.15, 0.2) is 29.3 Å². The highest BCUT2D eigenvalue weighted by Gasteiger charge is 2.44. The van der Waals surface area contributed by atoms with Gasteiger partial charge in [0.15, 0.2) is 5.96 Å². The zero-order chi connectivity index (χ0) is 18.4. The third kappa shape index (κ3) is 6.24. The molecule has 1 aromatic rings. The Morgan fingerprint density at radius 2 is 2.00 bits per heavy atom. The number of amides is 1. The van der Waals surface area contributed by atoms with E-state index < -0.39 is 0 Å². The van der Waals surface area contributed by atoms with E-state index in [0.29, 0.717) is 13.0 Å². The minimum Gasteiger partial charge on any atom is -0.357 e. The van der Waals surface area contributed by atoms with Gasteiger partial charge in [0.25, 0.3) is 0 Å². The number of likely N-dealkylation sites (tertiary alicyclic amines) is 1. The molecule has 0 unspecified atom stereocenters. The van der Waals surface area contributed by atoms with E-state index >= 15 is 0 Å². The van der Waals surface area contributed by atoms with Gasteiger partial charge in [-0.05, 0) is 50.3 Å². The van der Waals surface area contributed by atoms with E-state index in [1.54, 1.807) is 0 Å². The summed E-state index contributed by atoms with van der Waals surface area (Å²) in [5.74, 6) is 1.03. The molecule has 0 spiro atoms. The summed E-state index contributed by atoms with van der Waals surface area (Å²) in [4.78, 5) is 18.9. The summed E-state index contributed by atoms with van der Waals surface area (Å²) < 4.78 is 0. The van der Waals surface area contributed by atoms with E-state index in [2.05, 4.69) is 29.7 Å². The summed E-state index contributed by atoms with van der Waals surface area (Å²) in [6.07, 6.45) is 5.07. The van der Waals surface area contributed by atoms with Crippen LogP contribution in [0, 0.1) is 0 Å². The highest BCUT2D eigenvalue weighted by atomic mass is 127. The predicted octanol–water partition coefficient (Wildman–Crippen LogP) is 3.56. The molecule has 0 radical (unpaired) electrons. The average molecular weight is 505 g/mol. The Labute approximate surface area is 184 Å². The first-order valence-corrected chi connectivity index (χ1v) is 10.1. The van der Waals surface area contributed by atoms with Crippen molar-refractivity contribution >= 4 is 47.4 Å². The van der Waals surface area contributed by atoms with Gasteiger partial charge < -0.3 is 15.5 Å². The van der Waals surface area contributed by atoms with Crippen molar-refractivity contribution in [1.29, 1.82) is 0 Å². The van der Waals surface area contributed by atoms with E-state index in [4.69, 9.17) is 16.6 Å². The van der Waals surface area contributed by atoms with Crippen molar-refractivity contribution in [2.75, 3.05) is 32.7 Å². The van der Waals surface area contributed by atoms with E-state index in [1.807, 2.05) is 17.0 Å². The second-order valence-electron chi connectivity index (χ2n) is 7.25. The van der Waals surface area contributed by atoms with Crippen LogP contribution < -0.4 is 10.6 Å². The number of carbonyl (C=O) groups excluding carboxylic acids is 1. The first-order chi connectivity index (χ1) is 12.6. The largest absolute Gasteiger partial charge is 0.357 e. The number of benzene rings is 1. The van der Waals surface area contributed by atoms with E-state index in [-0.39, 0.29) is 35.3 Å². The molecule has 1 amide bonds. The molecule has 1 aliphatic carbocycles. The monoisotopic (exact) mass is 504 g/mol. The maximum Gasteiger partial charge on any atom is 0.224 e. The average Bonchev–Trinajstić information content (AvgIpc) is 3.22. The normalized spacial score (nSPS) is 18.0. The first kappa shape index (κ1) is 22.3. The number of halogens is 2. The Bertz CT molecular complexity index is 657. The number of guanidine groups is 1. The highest BCUT2D eigenvalue weighted by Crippen LogP contribution is 2.48. The predicted molar refractivity (Wildman–Crippen MR) is 122 cm³/mol. The molecule has 2 fully saturated rings. The molecule has 1 saturated carbocycles. The lowest BCUT2D eigenvalue weighted by Gasteiger charge is -2.18. The van der Waals surface area contributed by atoms with Gasteiger partial charge >= 0.3 is 0 Å². The SMILES string of the molecule is CCNC(=NCC1(c2cccc(Cl)c2)CC1)NCCC(=O)N1CCCC1.I. The Hall–Kier alpha value is -1.02. The van der Waals surface area contributed by atoms with E-state index in [0.717, 1.165) is 62.8 Å². The third-order valence-electron chi connectivity index (χ3n) is 5.26. The van der Waals surface area contributed by atoms with Gasteiger partial charge in [-0.2, -0.15) is 0 Å². The fraction of sp³-hybridized carbons (Fsp3) is 0.600. The fourth-order valence-corrected chi connectivity index (χ4v) is 3.68. The number of nitrogens with zero attached hydrogens (tertiary/aromatic N) is 2. The number of nitrogens with one attached hydrogen (secondary N) is 2. The van der Waals surface area contributed by atoms with Crippen molar-refractivity contribution < 1.29 is 4.79 Å². The summed E-state index contributed by atoms with van der Waals surface area (Å²) in [7, 11) is 0. The van der Waals surface area contributed by atoms with Crippen LogP contribution in [0.3, 0.4) is 0 Å². The molecule has 1 heterocycles. The second-order valence-corrected chi connectivity index (χ2v) is 7.69. The van der Waals surface area contributed by atoms with Crippen molar-refractivity contribution in [2.24, 2.45) is 4.99 Å². The lowest BCUT2D eigenvalue weighted by molar-refractivity contribution is -0.129. The Morgan fingerprint density at radius 1 is 1.26 bits per heavy atom. The lowest BCUT2D eigenvalue weighted by Crippen LogP contribution is -2.40. The smallest absolute Gasteiger partial charge is 0.224 e. The highest BCUT2D eigenvalue weighted by molar-refractivity contribution is 14.0. The van der Waals surface area contributed by atoms with Crippen LogP contribution in [0.1, 0.15) is 44.6 Å². The molecule has 0 bridgehead atoms. The van der Waals surface area contributed by atoms with Gasteiger partial charge in [0.1, 0.15) is 0 Å². The first-order valence-electron chi connectivity index (χ1n) is 9.69. The van der Waals surface area contributed by atoms with Gasteiger partial charge in [0.2, 0.25) is 5.91 Å². The molecule has 150 valence electrons. The molecular weight excluding hydrogens is 475 g/mol. The molecule has 2 N–H and O–H groups in total. The zero-order valence-corrected chi connectivity index (χ0v) is 19.1. The Balaban J connectivity index is 0.00000261. The lowest BCUT2D eigenvalue weighted by atomic mass is 9.96. The van der Waals surface area contributed by atoms with E-state index in [1.165, 1.54) is 5.56 Å². The van der Waals surface area contributed by atoms with Crippen LogP contribution in [-0.4, -0.2) is 49.5 Å². The van der Waals surface area contributed by atoms with Gasteiger partial charge in [-0.15, -0.1) is 24.0 Å². The number of aliphatic imine (C=N–C) groups is 1. The molecule has 0 aromatic heterocycles. The zero-order valence-electron chi connectivity index (χ0n) is 16.0. The van der Waals surface area contributed by atoms with Crippen LogP contribution in [0.5, 0.6) is 0 Å². The van der Waals surface area contributed by atoms with Gasteiger partial charge in [0.05, 0.1) is 6.54 Å². The second kappa shape index (κ2) is 10.5. The molecule has 1 aromatic carbocycles. The number of hydrogen-bond acceptors (Lipinski definition) is 2. The van der Waals surface area contributed by atoms with Crippen molar-refractivity contribution in [3.05, 3.63) is 34.9 Å². The minimum absolute atomic E-state index is 0. The molecule has 3 rings (SSSR count). The Kier molecular flexibility index (Phi) is 8.66. The molecular formula is C20H30ClIN4O. The van der Waals surface area contributed by atoms with Crippen LogP contribution >= 0.6 is 35.6 Å². The van der Waals surface area contributed by atoms with Gasteiger partial charge in [-0.25, -0.2) is 0 Å². The number of carbonyl (C=O) groups is 1. The third-order valence-corrected chi connectivity index (χ3v) is 5.50. The Morgan fingerprint density at radius 3 is 2.63 bits per heavy atom. The van der Waals surface area contributed by atoms with Gasteiger partial charge in [0, 0.05) is 43.0 Å². The minimum atomic E-state index is 0. The molecule has 1 aliphatic heterocycles. The van der Waals surface area contributed by atoms with Crippen LogP contribution in [0.25, 0.3) is 0 Å². The maximum absolute atomic E-state index is 12.1. The van der Waals surface area contributed by atoms with Gasteiger partial charge in [-0.3, -0.25) is 9.79 Å². The van der Waals surface area contributed by atoms with Crippen LogP contribution in [0.2, 0.25) is 5.02 Å². The summed E-state index contributed by atoms with van der Waals surface area (Å²) in [5.41, 5.74) is 1.40. The van der Waals surface area contributed by atoms with Gasteiger partial charge in [-0.1, -0.05) is 23.7 Å². The van der Waals surface area contributed by atoms with E-state index in [9.17, 15) is 4.79 Å². The summed E-state index contributed by atoms with van der Waals surface area (Å²) >= 11 is 6.15. The van der Waals surface area contributed by atoms with Crippen LogP contribution in [0.4, 0.5) is 0 Å².